The summed E-state index contributed by atoms with van der Waals surface area (Å²) < 4.78 is 5.33. The van der Waals surface area contributed by atoms with E-state index < -0.39 is 0 Å². The van der Waals surface area contributed by atoms with Gasteiger partial charge in [0.25, 0.3) is 0 Å². The van der Waals surface area contributed by atoms with E-state index in [4.69, 9.17) is 4.74 Å². The Morgan fingerprint density at radius 1 is 0.733 bits per heavy atom. The van der Waals surface area contributed by atoms with Crippen molar-refractivity contribution in [2.45, 2.75) is 148 Å². The summed E-state index contributed by atoms with van der Waals surface area (Å²) >= 11 is 0. The van der Waals surface area contributed by atoms with Crippen LogP contribution >= 0.6 is 0 Å². The number of rotatable bonds is 23. The van der Waals surface area contributed by atoms with Crippen molar-refractivity contribution in [2.24, 2.45) is 0 Å². The molecule has 3 heteroatoms. The summed E-state index contributed by atoms with van der Waals surface area (Å²) in [6, 6.07) is 0. The Morgan fingerprint density at radius 3 is 2.00 bits per heavy atom. The van der Waals surface area contributed by atoms with Crippen LogP contribution in [0.4, 0.5) is 0 Å². The predicted octanol–water partition coefficient (Wildman–Crippen LogP) is 8.29. The van der Waals surface area contributed by atoms with Crippen LogP contribution in [-0.2, 0) is 9.53 Å². The largest absolute Gasteiger partial charge is 0.466 e. The fraction of sp³-hybridized carbons (Fsp3) is 0.889. The van der Waals surface area contributed by atoms with E-state index in [-0.39, 0.29) is 12.1 Å². The molecule has 0 fully saturated rings. The molecule has 0 radical (unpaired) electrons. The highest BCUT2D eigenvalue weighted by Crippen LogP contribution is 2.11. The van der Waals surface area contributed by atoms with Crippen LogP contribution < -0.4 is 0 Å². The lowest BCUT2D eigenvalue weighted by Gasteiger charge is -2.07. The van der Waals surface area contributed by atoms with Crippen LogP contribution in [-0.4, -0.2) is 23.8 Å². The van der Waals surface area contributed by atoms with E-state index in [2.05, 4.69) is 26.0 Å². The quantitative estimate of drug-likeness (QED) is 0.102. The fourth-order valence-electron chi connectivity index (χ4n) is 3.67. The second kappa shape index (κ2) is 24.4. The smallest absolute Gasteiger partial charge is 0.305 e. The Bertz CT molecular complexity index is 378. The zero-order valence-electron chi connectivity index (χ0n) is 20.3. The van der Waals surface area contributed by atoms with E-state index in [9.17, 15) is 9.90 Å². The molecule has 0 aliphatic heterocycles. The molecule has 1 atom stereocenters. The van der Waals surface area contributed by atoms with Gasteiger partial charge in [0.05, 0.1) is 12.7 Å². The van der Waals surface area contributed by atoms with Crippen molar-refractivity contribution in [3.05, 3.63) is 12.2 Å². The lowest BCUT2D eigenvalue weighted by Crippen LogP contribution is -2.05. The molecule has 0 spiro atoms. The molecule has 0 aromatic rings. The maximum atomic E-state index is 11.7. The zero-order valence-corrected chi connectivity index (χ0v) is 20.3. The maximum Gasteiger partial charge on any atom is 0.305 e. The van der Waals surface area contributed by atoms with Gasteiger partial charge in [0, 0.05) is 6.42 Å². The first-order chi connectivity index (χ1) is 14.7. The number of carbonyl (C=O) groups is 1. The van der Waals surface area contributed by atoms with Gasteiger partial charge in [-0.05, 0) is 38.5 Å². The Labute approximate surface area is 188 Å². The third-order valence-corrected chi connectivity index (χ3v) is 5.73. The Morgan fingerprint density at radius 2 is 1.30 bits per heavy atom. The van der Waals surface area contributed by atoms with Crippen LogP contribution in [0.15, 0.2) is 12.2 Å². The normalized spacial score (nSPS) is 12.5. The molecule has 0 saturated heterocycles. The molecule has 3 nitrogen and oxygen atoms in total. The first-order valence-electron chi connectivity index (χ1n) is 13.2. The average Bonchev–Trinajstić information content (AvgIpc) is 2.74. The molecule has 0 amide bonds. The van der Waals surface area contributed by atoms with Crippen molar-refractivity contribution in [2.75, 3.05) is 6.61 Å². The van der Waals surface area contributed by atoms with Crippen molar-refractivity contribution >= 4 is 5.97 Å². The molecule has 0 unspecified atom stereocenters. The maximum absolute atomic E-state index is 11.7. The van der Waals surface area contributed by atoms with Gasteiger partial charge in [-0.15, -0.1) is 0 Å². The van der Waals surface area contributed by atoms with Gasteiger partial charge in [0.2, 0.25) is 0 Å². The molecule has 0 saturated carbocycles. The van der Waals surface area contributed by atoms with Crippen molar-refractivity contribution in [1.82, 2.24) is 0 Å². The summed E-state index contributed by atoms with van der Waals surface area (Å²) in [5.41, 5.74) is 0. The zero-order chi connectivity index (χ0) is 22.1. The van der Waals surface area contributed by atoms with E-state index in [0.29, 0.717) is 13.0 Å². The minimum absolute atomic E-state index is 0.0165. The summed E-state index contributed by atoms with van der Waals surface area (Å²) in [5.74, 6) is -0.0165. The number of hydrogen-bond donors (Lipinski definition) is 1. The van der Waals surface area contributed by atoms with Gasteiger partial charge < -0.3 is 9.84 Å². The van der Waals surface area contributed by atoms with E-state index in [1.54, 1.807) is 0 Å². The van der Waals surface area contributed by atoms with Crippen molar-refractivity contribution in [3.63, 3.8) is 0 Å². The lowest BCUT2D eigenvalue weighted by atomic mass is 10.1. The standard InChI is InChI=1S/C27H52O3/c1-3-5-7-9-14-17-21-25-30-27(29)24-20-16-13-11-10-12-15-19-23-26(28)22-18-8-6-4-2/h15,19,26,28H,3-14,16-18,20-25H2,1-2H3/b19-15-/t26-/m1/s1. The lowest BCUT2D eigenvalue weighted by molar-refractivity contribution is -0.143. The minimum Gasteiger partial charge on any atom is -0.466 e. The highest BCUT2D eigenvalue weighted by Gasteiger charge is 2.03. The number of allylic oxidation sites excluding steroid dienone is 1. The fourth-order valence-corrected chi connectivity index (χ4v) is 3.67. The topological polar surface area (TPSA) is 46.5 Å². The van der Waals surface area contributed by atoms with Gasteiger partial charge in [-0.1, -0.05) is 109 Å². The molecule has 30 heavy (non-hydrogen) atoms. The number of aliphatic hydroxyl groups excluding tert-OH is 1. The number of hydrogen-bond acceptors (Lipinski definition) is 3. The van der Waals surface area contributed by atoms with Crippen LogP contribution in [0.3, 0.4) is 0 Å². The number of unbranched alkanes of at least 4 members (excludes halogenated alkanes) is 14. The highest BCUT2D eigenvalue weighted by atomic mass is 16.5. The Kier molecular flexibility index (Phi) is 23.8. The summed E-state index contributed by atoms with van der Waals surface area (Å²) in [6.45, 7) is 5.06. The molecule has 0 heterocycles. The van der Waals surface area contributed by atoms with Gasteiger partial charge in [-0.2, -0.15) is 0 Å². The summed E-state index contributed by atoms with van der Waals surface area (Å²) in [6.07, 6.45) is 27.0. The second-order valence-corrected chi connectivity index (χ2v) is 8.86. The number of carbonyl (C=O) groups excluding carboxylic acids is 1. The van der Waals surface area contributed by atoms with Gasteiger partial charge >= 0.3 is 5.97 Å². The summed E-state index contributed by atoms with van der Waals surface area (Å²) in [5, 5.41) is 9.92. The van der Waals surface area contributed by atoms with Gasteiger partial charge in [0.15, 0.2) is 0 Å². The molecule has 1 N–H and O–H groups in total. The first kappa shape index (κ1) is 29.2. The minimum atomic E-state index is -0.163. The van der Waals surface area contributed by atoms with Crippen LogP contribution in [0, 0.1) is 0 Å². The monoisotopic (exact) mass is 424 g/mol. The average molecular weight is 425 g/mol. The molecular weight excluding hydrogens is 372 g/mol. The SMILES string of the molecule is CCCCCCCCCOC(=O)CCCCCCC/C=C\C[C@H](O)CCCCCC. The molecule has 0 rings (SSSR count). The van der Waals surface area contributed by atoms with Gasteiger partial charge in [-0.3, -0.25) is 4.79 Å². The number of esters is 1. The predicted molar refractivity (Wildman–Crippen MR) is 130 cm³/mol. The van der Waals surface area contributed by atoms with Crippen LogP contribution in [0.5, 0.6) is 0 Å². The van der Waals surface area contributed by atoms with Crippen LogP contribution in [0.2, 0.25) is 0 Å². The molecule has 178 valence electrons. The summed E-state index contributed by atoms with van der Waals surface area (Å²) in [4.78, 5) is 11.7. The van der Waals surface area contributed by atoms with Gasteiger partial charge in [-0.25, -0.2) is 0 Å². The molecule has 0 bridgehead atoms. The third kappa shape index (κ3) is 23.4. The van der Waals surface area contributed by atoms with Gasteiger partial charge in [0.1, 0.15) is 0 Å². The molecule has 0 aliphatic rings. The van der Waals surface area contributed by atoms with E-state index >= 15 is 0 Å². The summed E-state index contributed by atoms with van der Waals surface area (Å²) in [7, 11) is 0. The van der Waals surface area contributed by atoms with E-state index in [1.807, 2.05) is 0 Å². The van der Waals surface area contributed by atoms with Crippen LogP contribution in [0.25, 0.3) is 0 Å². The third-order valence-electron chi connectivity index (χ3n) is 5.73. The van der Waals surface area contributed by atoms with E-state index in [1.165, 1.54) is 77.0 Å². The van der Waals surface area contributed by atoms with E-state index in [0.717, 1.165) is 44.9 Å². The number of ether oxygens (including phenoxy) is 1. The molecule has 0 aromatic heterocycles. The Balaban J connectivity index is 3.30. The first-order valence-corrected chi connectivity index (χ1v) is 13.2. The molecule has 0 aromatic carbocycles. The molecular formula is C27H52O3. The Hall–Kier alpha value is -0.830. The van der Waals surface area contributed by atoms with Crippen molar-refractivity contribution in [1.29, 1.82) is 0 Å². The second-order valence-electron chi connectivity index (χ2n) is 8.86. The highest BCUT2D eigenvalue weighted by molar-refractivity contribution is 5.69. The van der Waals surface area contributed by atoms with Crippen LogP contribution in [0.1, 0.15) is 142 Å². The molecule has 0 aliphatic carbocycles. The number of aliphatic hydroxyl groups is 1. The van der Waals surface area contributed by atoms with Crippen molar-refractivity contribution < 1.29 is 14.6 Å². The van der Waals surface area contributed by atoms with Crippen molar-refractivity contribution in [3.8, 4) is 0 Å².